The highest BCUT2D eigenvalue weighted by Crippen LogP contribution is 2.45. The van der Waals surface area contributed by atoms with Crippen LogP contribution in [0.3, 0.4) is 0 Å². The van der Waals surface area contributed by atoms with Crippen LogP contribution in [0.1, 0.15) is 43.2 Å². The van der Waals surface area contributed by atoms with Crippen molar-refractivity contribution in [2.75, 3.05) is 20.8 Å². The van der Waals surface area contributed by atoms with E-state index in [9.17, 15) is 9.59 Å². The van der Waals surface area contributed by atoms with E-state index in [1.165, 1.54) is 0 Å². The van der Waals surface area contributed by atoms with Gasteiger partial charge >= 0.3 is 5.97 Å². The normalized spacial score (nSPS) is 17.5. The number of ether oxygens (including phenoxy) is 5. The van der Waals surface area contributed by atoms with Crippen LogP contribution < -0.4 is 19.9 Å². The number of benzene rings is 2. The summed E-state index contributed by atoms with van der Waals surface area (Å²) in [4.78, 5) is 25.8. The Morgan fingerprint density at radius 2 is 1.80 bits per heavy atom. The van der Waals surface area contributed by atoms with Crippen LogP contribution in [-0.4, -0.2) is 32.6 Å². The van der Waals surface area contributed by atoms with E-state index in [0.29, 0.717) is 47.7 Å². The summed E-state index contributed by atoms with van der Waals surface area (Å²) in [5.74, 6) is 1.11. The first-order valence-electron chi connectivity index (χ1n) is 11.5. The zero-order valence-corrected chi connectivity index (χ0v) is 20.1. The predicted octanol–water partition coefficient (Wildman–Crippen LogP) is 4.14. The second-order valence-corrected chi connectivity index (χ2v) is 8.18. The molecule has 8 nitrogen and oxygen atoms in total. The maximum absolute atomic E-state index is 13.0. The fourth-order valence-electron chi connectivity index (χ4n) is 4.39. The fraction of sp³-hybridized carbons (Fsp3) is 0.333. The lowest BCUT2D eigenvalue weighted by molar-refractivity contribution is -0.139. The van der Waals surface area contributed by atoms with E-state index < -0.39 is 11.9 Å². The summed E-state index contributed by atoms with van der Waals surface area (Å²) < 4.78 is 27.7. The molecular weight excluding hydrogens is 450 g/mol. The van der Waals surface area contributed by atoms with Gasteiger partial charge in [0.2, 0.25) is 5.88 Å². The molecular formula is C27H29NO7. The van der Waals surface area contributed by atoms with Crippen LogP contribution in [0.5, 0.6) is 17.2 Å². The molecule has 0 aromatic heterocycles. The van der Waals surface area contributed by atoms with Crippen LogP contribution in [0.25, 0.3) is 0 Å². The van der Waals surface area contributed by atoms with Crippen molar-refractivity contribution in [3.8, 4) is 17.2 Å². The summed E-state index contributed by atoms with van der Waals surface area (Å²) >= 11 is 0. The van der Waals surface area contributed by atoms with Crippen molar-refractivity contribution >= 4 is 11.8 Å². The van der Waals surface area contributed by atoms with Gasteiger partial charge in [-0.25, -0.2) is 4.79 Å². The number of carbonyl (C=O) groups is 2. The average molecular weight is 480 g/mol. The van der Waals surface area contributed by atoms with Gasteiger partial charge in [-0.15, -0.1) is 0 Å². The minimum Gasteiger partial charge on any atom is -0.497 e. The fourth-order valence-corrected chi connectivity index (χ4v) is 4.39. The molecule has 35 heavy (non-hydrogen) atoms. The highest BCUT2D eigenvalue weighted by atomic mass is 16.5. The Morgan fingerprint density at radius 1 is 1.06 bits per heavy atom. The van der Waals surface area contributed by atoms with Crippen molar-refractivity contribution in [3.05, 3.63) is 76.4 Å². The number of rotatable bonds is 8. The number of methoxy groups -OCH3 is 2. The van der Waals surface area contributed by atoms with Crippen molar-refractivity contribution in [1.29, 1.82) is 0 Å². The lowest BCUT2D eigenvalue weighted by Crippen LogP contribution is -2.31. The summed E-state index contributed by atoms with van der Waals surface area (Å²) in [5.41, 5.74) is 8.25. The molecule has 1 unspecified atom stereocenters. The average Bonchev–Trinajstić information content (AvgIpc) is 2.87. The third kappa shape index (κ3) is 4.96. The lowest BCUT2D eigenvalue weighted by Gasteiger charge is -2.32. The van der Waals surface area contributed by atoms with Crippen molar-refractivity contribution < 1.29 is 33.3 Å². The molecule has 0 fully saturated rings. The highest BCUT2D eigenvalue weighted by molar-refractivity contribution is 6.03. The number of allylic oxidation sites excluding steroid dienone is 2. The number of esters is 1. The summed E-state index contributed by atoms with van der Waals surface area (Å²) in [6, 6.07) is 12.8. The molecule has 1 aliphatic heterocycles. The molecule has 0 spiro atoms. The number of hydrogen-bond donors (Lipinski definition) is 1. The summed E-state index contributed by atoms with van der Waals surface area (Å²) in [5, 5.41) is 0. The van der Waals surface area contributed by atoms with Crippen molar-refractivity contribution in [1.82, 2.24) is 0 Å². The molecule has 0 radical (unpaired) electrons. The van der Waals surface area contributed by atoms with Gasteiger partial charge in [0.1, 0.15) is 35.2 Å². The van der Waals surface area contributed by atoms with E-state index in [2.05, 4.69) is 0 Å². The molecule has 2 aromatic carbocycles. The molecule has 8 heteroatoms. The smallest absolute Gasteiger partial charge is 0.340 e. The number of Topliss-reactive ketones (excluding diaryl/α,β-unsaturated/α-hetero) is 1. The van der Waals surface area contributed by atoms with Crippen molar-refractivity contribution in [2.45, 2.75) is 38.7 Å². The summed E-state index contributed by atoms with van der Waals surface area (Å²) in [6.07, 6.45) is 1.65. The van der Waals surface area contributed by atoms with E-state index in [1.54, 1.807) is 21.1 Å². The number of hydrogen-bond acceptors (Lipinski definition) is 8. The molecule has 1 heterocycles. The monoisotopic (exact) mass is 479 g/mol. The minimum absolute atomic E-state index is 0.0345. The van der Waals surface area contributed by atoms with Crippen LogP contribution >= 0.6 is 0 Å². The van der Waals surface area contributed by atoms with E-state index in [4.69, 9.17) is 29.4 Å². The Bertz CT molecular complexity index is 1180. The van der Waals surface area contributed by atoms with Gasteiger partial charge in [-0.3, -0.25) is 4.79 Å². The van der Waals surface area contributed by atoms with Crippen LogP contribution in [0, 0.1) is 0 Å². The largest absolute Gasteiger partial charge is 0.497 e. The van der Waals surface area contributed by atoms with E-state index in [1.807, 2.05) is 42.5 Å². The van der Waals surface area contributed by atoms with Gasteiger partial charge in [-0.1, -0.05) is 12.1 Å². The van der Waals surface area contributed by atoms with E-state index >= 15 is 0 Å². The van der Waals surface area contributed by atoms with Gasteiger partial charge < -0.3 is 29.4 Å². The topological polar surface area (TPSA) is 106 Å². The standard InChI is InChI=1S/C27H29NO7/c1-4-33-27(30)25-23(24-20(29)6-5-7-21(24)35-26(25)28)16-8-9-17(22(14-16)32-3)15-34-19-12-10-18(31-2)11-13-19/h8-14,23H,4-7,15,28H2,1-3H3. The van der Waals surface area contributed by atoms with E-state index in [0.717, 1.165) is 11.3 Å². The first-order chi connectivity index (χ1) is 17.0. The zero-order valence-electron chi connectivity index (χ0n) is 20.1. The van der Waals surface area contributed by atoms with Gasteiger partial charge in [-0.05, 0) is 49.2 Å². The molecule has 1 aliphatic carbocycles. The van der Waals surface area contributed by atoms with Gasteiger partial charge in [0.05, 0.1) is 26.7 Å². The molecule has 0 bridgehead atoms. The van der Waals surface area contributed by atoms with Crippen LogP contribution in [0.15, 0.2) is 65.3 Å². The Kier molecular flexibility index (Phi) is 7.29. The zero-order chi connectivity index (χ0) is 24.9. The maximum atomic E-state index is 13.0. The Labute approximate surface area is 204 Å². The number of ketones is 1. The highest BCUT2D eigenvalue weighted by Gasteiger charge is 2.41. The summed E-state index contributed by atoms with van der Waals surface area (Å²) in [7, 11) is 3.17. The lowest BCUT2D eigenvalue weighted by atomic mass is 9.77. The molecule has 2 aromatic rings. The molecule has 0 saturated carbocycles. The Balaban J connectivity index is 1.68. The minimum atomic E-state index is -0.698. The van der Waals surface area contributed by atoms with Crippen LogP contribution in [0.2, 0.25) is 0 Å². The SMILES string of the molecule is CCOC(=O)C1=C(N)OC2=C(C(=O)CCC2)C1c1ccc(COc2ccc(OC)cc2)c(OC)c1. The predicted molar refractivity (Wildman–Crippen MR) is 128 cm³/mol. The number of carbonyl (C=O) groups excluding carboxylic acids is 2. The molecule has 2 N–H and O–H groups in total. The first kappa shape index (κ1) is 24.2. The molecule has 1 atom stereocenters. The first-order valence-corrected chi connectivity index (χ1v) is 11.5. The van der Waals surface area contributed by atoms with E-state index in [-0.39, 0.29) is 30.5 Å². The van der Waals surface area contributed by atoms with Gasteiger partial charge in [-0.2, -0.15) is 0 Å². The summed E-state index contributed by atoms with van der Waals surface area (Å²) in [6.45, 7) is 2.15. The second-order valence-electron chi connectivity index (χ2n) is 8.18. The third-order valence-electron chi connectivity index (χ3n) is 6.08. The molecule has 184 valence electrons. The van der Waals surface area contributed by atoms with Gasteiger partial charge in [0.15, 0.2) is 5.78 Å². The van der Waals surface area contributed by atoms with Gasteiger partial charge in [0, 0.05) is 24.0 Å². The molecule has 0 saturated heterocycles. The Hall–Kier alpha value is -3.94. The molecule has 2 aliphatic rings. The quantitative estimate of drug-likeness (QED) is 0.563. The maximum Gasteiger partial charge on any atom is 0.340 e. The number of nitrogens with two attached hydrogens (primary N) is 1. The third-order valence-corrected chi connectivity index (χ3v) is 6.08. The van der Waals surface area contributed by atoms with Gasteiger partial charge in [0.25, 0.3) is 0 Å². The van der Waals surface area contributed by atoms with Crippen molar-refractivity contribution in [3.63, 3.8) is 0 Å². The van der Waals surface area contributed by atoms with Crippen molar-refractivity contribution in [2.24, 2.45) is 5.73 Å². The molecule has 0 amide bonds. The Morgan fingerprint density at radius 3 is 2.49 bits per heavy atom. The van der Waals surface area contributed by atoms with Crippen LogP contribution in [-0.2, 0) is 25.7 Å². The molecule has 4 rings (SSSR count). The second kappa shape index (κ2) is 10.5. The van der Waals surface area contributed by atoms with Crippen LogP contribution in [0.4, 0.5) is 0 Å².